The molecule has 0 aliphatic rings. The molecule has 0 radical (unpaired) electrons. The van der Waals surface area contributed by atoms with Gasteiger partial charge in [-0.05, 0) is 30.5 Å². The molecule has 1 atom stereocenters. The Bertz CT molecular complexity index is 462. The molecule has 0 bridgehead atoms. The third-order valence-corrected chi connectivity index (χ3v) is 4.51. The van der Waals surface area contributed by atoms with E-state index in [2.05, 4.69) is 4.98 Å². The second-order valence-corrected chi connectivity index (χ2v) is 6.67. The van der Waals surface area contributed by atoms with Crippen LogP contribution >= 0.6 is 11.6 Å². The van der Waals surface area contributed by atoms with E-state index in [0.717, 1.165) is 0 Å². The third kappa shape index (κ3) is 5.02. The summed E-state index contributed by atoms with van der Waals surface area (Å²) in [5.74, 6) is 0.254. The number of hydrogen-bond donors (Lipinski definition) is 1. The second-order valence-electron chi connectivity index (χ2n) is 3.81. The lowest BCUT2D eigenvalue weighted by atomic mass is 10.1. The standard InChI is InChI=1S/C11H16ClNO3S/c1-2-17(15,16)7-3-4-10(14)9-5-6-13-11(12)8-9/h5-6,8,10,14H,2-4,7H2,1H3. The maximum absolute atomic E-state index is 11.3. The third-order valence-electron chi connectivity index (χ3n) is 2.51. The molecule has 1 heterocycles. The molecule has 1 aromatic rings. The minimum atomic E-state index is -2.96. The lowest BCUT2D eigenvalue weighted by Gasteiger charge is -2.10. The van der Waals surface area contributed by atoms with Crippen LogP contribution in [0, 0.1) is 0 Å². The first-order chi connectivity index (χ1) is 7.94. The number of rotatable bonds is 6. The zero-order valence-corrected chi connectivity index (χ0v) is 11.2. The Hall–Kier alpha value is -0.650. The predicted molar refractivity (Wildman–Crippen MR) is 67.8 cm³/mol. The summed E-state index contributed by atoms with van der Waals surface area (Å²) in [6, 6.07) is 3.26. The highest BCUT2D eigenvalue weighted by Crippen LogP contribution is 2.20. The van der Waals surface area contributed by atoms with Crippen LogP contribution in [0.25, 0.3) is 0 Å². The van der Waals surface area contributed by atoms with Crippen molar-refractivity contribution in [2.75, 3.05) is 11.5 Å². The highest BCUT2D eigenvalue weighted by Gasteiger charge is 2.11. The van der Waals surface area contributed by atoms with Crippen molar-refractivity contribution in [3.63, 3.8) is 0 Å². The van der Waals surface area contributed by atoms with E-state index in [1.807, 2.05) is 0 Å². The molecule has 0 saturated carbocycles. The summed E-state index contributed by atoms with van der Waals surface area (Å²) >= 11 is 5.70. The zero-order valence-electron chi connectivity index (χ0n) is 9.63. The van der Waals surface area contributed by atoms with Crippen molar-refractivity contribution in [1.29, 1.82) is 0 Å². The fourth-order valence-electron chi connectivity index (χ4n) is 1.43. The zero-order chi connectivity index (χ0) is 12.9. The molecule has 6 heteroatoms. The first-order valence-electron chi connectivity index (χ1n) is 5.44. The molecular weight excluding hydrogens is 262 g/mol. The smallest absolute Gasteiger partial charge is 0.150 e. The number of halogens is 1. The molecule has 0 spiro atoms. The van der Waals surface area contributed by atoms with Crippen LogP contribution in [0.1, 0.15) is 31.4 Å². The van der Waals surface area contributed by atoms with Gasteiger partial charge in [-0.1, -0.05) is 18.5 Å². The van der Waals surface area contributed by atoms with Crippen LogP contribution in [-0.2, 0) is 9.84 Å². The predicted octanol–water partition coefficient (Wildman–Crippen LogP) is 1.98. The summed E-state index contributed by atoms with van der Waals surface area (Å²) in [5, 5.41) is 10.2. The van der Waals surface area contributed by atoms with E-state index in [1.54, 1.807) is 19.1 Å². The van der Waals surface area contributed by atoms with E-state index in [0.29, 0.717) is 23.6 Å². The van der Waals surface area contributed by atoms with Crippen LogP contribution < -0.4 is 0 Å². The fourth-order valence-corrected chi connectivity index (χ4v) is 2.51. The van der Waals surface area contributed by atoms with Gasteiger partial charge in [0, 0.05) is 11.9 Å². The number of aliphatic hydroxyl groups is 1. The van der Waals surface area contributed by atoms with Crippen molar-refractivity contribution in [1.82, 2.24) is 4.98 Å². The molecule has 1 rings (SSSR count). The largest absolute Gasteiger partial charge is 0.388 e. The first-order valence-corrected chi connectivity index (χ1v) is 7.64. The quantitative estimate of drug-likeness (QED) is 0.808. The summed E-state index contributed by atoms with van der Waals surface area (Å²) in [6.45, 7) is 1.62. The highest BCUT2D eigenvalue weighted by molar-refractivity contribution is 7.91. The van der Waals surface area contributed by atoms with Gasteiger partial charge in [-0.25, -0.2) is 13.4 Å². The van der Waals surface area contributed by atoms with Gasteiger partial charge in [0.1, 0.15) is 15.0 Å². The van der Waals surface area contributed by atoms with Crippen LogP contribution in [0.4, 0.5) is 0 Å². The lowest BCUT2D eigenvalue weighted by molar-refractivity contribution is 0.166. The van der Waals surface area contributed by atoms with Gasteiger partial charge in [-0.3, -0.25) is 0 Å². The van der Waals surface area contributed by atoms with E-state index in [9.17, 15) is 13.5 Å². The number of pyridine rings is 1. The summed E-state index contributed by atoms with van der Waals surface area (Å²) in [4.78, 5) is 3.81. The van der Waals surface area contributed by atoms with Gasteiger partial charge in [0.15, 0.2) is 0 Å². The number of nitrogens with zero attached hydrogens (tertiary/aromatic N) is 1. The monoisotopic (exact) mass is 277 g/mol. The Labute approximate surface area is 107 Å². The van der Waals surface area contributed by atoms with Gasteiger partial charge in [0.2, 0.25) is 0 Å². The van der Waals surface area contributed by atoms with Crippen molar-refractivity contribution >= 4 is 21.4 Å². The van der Waals surface area contributed by atoms with Crippen molar-refractivity contribution < 1.29 is 13.5 Å². The molecule has 1 unspecified atom stereocenters. The Morgan fingerprint density at radius 1 is 1.53 bits per heavy atom. The van der Waals surface area contributed by atoms with Gasteiger partial charge in [-0.2, -0.15) is 0 Å². The maximum atomic E-state index is 11.3. The van der Waals surface area contributed by atoms with Crippen LogP contribution in [-0.4, -0.2) is 30.0 Å². The molecule has 1 aromatic heterocycles. The maximum Gasteiger partial charge on any atom is 0.150 e. The summed E-state index contributed by atoms with van der Waals surface area (Å²) in [5.41, 5.74) is 0.666. The van der Waals surface area contributed by atoms with Crippen molar-refractivity contribution in [2.24, 2.45) is 0 Å². The van der Waals surface area contributed by atoms with Gasteiger partial charge in [0.25, 0.3) is 0 Å². The van der Waals surface area contributed by atoms with Gasteiger partial charge >= 0.3 is 0 Å². The molecule has 1 N–H and O–H groups in total. The second kappa shape index (κ2) is 6.33. The molecule has 0 saturated heterocycles. The average molecular weight is 278 g/mol. The molecule has 17 heavy (non-hydrogen) atoms. The van der Waals surface area contributed by atoms with E-state index >= 15 is 0 Å². The number of sulfone groups is 1. The minimum Gasteiger partial charge on any atom is -0.388 e. The van der Waals surface area contributed by atoms with Gasteiger partial charge in [-0.15, -0.1) is 0 Å². The Morgan fingerprint density at radius 2 is 2.24 bits per heavy atom. The van der Waals surface area contributed by atoms with E-state index in [4.69, 9.17) is 11.6 Å². The molecular formula is C11H16ClNO3S. The highest BCUT2D eigenvalue weighted by atomic mass is 35.5. The molecule has 96 valence electrons. The number of aromatic nitrogens is 1. The summed E-state index contributed by atoms with van der Waals surface area (Å²) in [6.07, 6.45) is 1.67. The van der Waals surface area contributed by atoms with Gasteiger partial charge < -0.3 is 5.11 Å². The molecule has 0 amide bonds. The summed E-state index contributed by atoms with van der Waals surface area (Å²) in [7, 11) is -2.96. The molecule has 0 aromatic carbocycles. The fraction of sp³-hybridized carbons (Fsp3) is 0.545. The van der Waals surface area contributed by atoms with Crippen LogP contribution in [0.3, 0.4) is 0 Å². The van der Waals surface area contributed by atoms with Crippen LogP contribution in [0.2, 0.25) is 5.15 Å². The Morgan fingerprint density at radius 3 is 2.82 bits per heavy atom. The lowest BCUT2D eigenvalue weighted by Crippen LogP contribution is -2.10. The first kappa shape index (κ1) is 14.4. The number of aliphatic hydroxyl groups excluding tert-OH is 1. The average Bonchev–Trinajstić information content (AvgIpc) is 2.28. The molecule has 0 aliphatic heterocycles. The van der Waals surface area contributed by atoms with Gasteiger partial charge in [0.05, 0.1) is 11.9 Å². The van der Waals surface area contributed by atoms with Crippen molar-refractivity contribution in [3.05, 3.63) is 29.0 Å². The normalized spacial score (nSPS) is 13.6. The Kier molecular flexibility index (Phi) is 5.36. The minimum absolute atomic E-state index is 0.110. The van der Waals surface area contributed by atoms with E-state index in [-0.39, 0.29) is 11.5 Å². The van der Waals surface area contributed by atoms with Crippen LogP contribution in [0.5, 0.6) is 0 Å². The van der Waals surface area contributed by atoms with E-state index in [1.165, 1.54) is 6.20 Å². The van der Waals surface area contributed by atoms with Crippen molar-refractivity contribution in [3.8, 4) is 0 Å². The number of hydrogen-bond acceptors (Lipinski definition) is 4. The topological polar surface area (TPSA) is 67.3 Å². The molecule has 4 nitrogen and oxygen atoms in total. The summed E-state index contributed by atoms with van der Waals surface area (Å²) < 4.78 is 22.5. The molecule has 0 fully saturated rings. The Balaban J connectivity index is 2.48. The van der Waals surface area contributed by atoms with Crippen LogP contribution in [0.15, 0.2) is 18.3 Å². The molecule has 0 aliphatic carbocycles. The van der Waals surface area contributed by atoms with E-state index < -0.39 is 15.9 Å². The van der Waals surface area contributed by atoms with Crippen molar-refractivity contribution in [2.45, 2.75) is 25.9 Å². The SMILES string of the molecule is CCS(=O)(=O)CCCC(O)c1ccnc(Cl)c1.